The molecule has 0 saturated heterocycles. The van der Waals surface area contributed by atoms with Crippen molar-refractivity contribution in [1.82, 2.24) is 10.6 Å². The van der Waals surface area contributed by atoms with Gasteiger partial charge in [-0.15, -0.1) is 0 Å². The summed E-state index contributed by atoms with van der Waals surface area (Å²) in [4.78, 5) is 0. The Morgan fingerprint density at radius 3 is 1.38 bits per heavy atom. The van der Waals surface area contributed by atoms with Crippen molar-refractivity contribution >= 4 is 0 Å². The van der Waals surface area contributed by atoms with Crippen molar-refractivity contribution in [3.8, 4) is 12.1 Å². The van der Waals surface area contributed by atoms with Crippen LogP contribution in [0.2, 0.25) is 0 Å². The molecule has 0 aliphatic rings. The van der Waals surface area contributed by atoms with Crippen molar-refractivity contribution in [3.63, 3.8) is 0 Å². The number of hydrogen-bond donors (Lipinski definition) is 2. The van der Waals surface area contributed by atoms with E-state index in [9.17, 15) is 0 Å². The first kappa shape index (κ1) is 14.9. The molecule has 0 atom stereocenters. The van der Waals surface area contributed by atoms with Crippen LogP contribution < -0.4 is 10.6 Å². The highest BCUT2D eigenvalue weighted by Crippen LogP contribution is 2.01. The van der Waals surface area contributed by atoms with Gasteiger partial charge in [0.05, 0.1) is 12.1 Å². The summed E-state index contributed by atoms with van der Waals surface area (Å²) in [7, 11) is 0. The topological polar surface area (TPSA) is 71.6 Å². The molecule has 0 spiro atoms. The minimum atomic E-state index is -0.445. The summed E-state index contributed by atoms with van der Waals surface area (Å²) in [5, 5.41) is 23.9. The second-order valence-corrected chi connectivity index (χ2v) is 5.03. The fourth-order valence-corrected chi connectivity index (χ4v) is 1.13. The van der Waals surface area contributed by atoms with E-state index in [4.69, 9.17) is 10.5 Å². The lowest BCUT2D eigenvalue weighted by Gasteiger charge is -2.19. The summed E-state index contributed by atoms with van der Waals surface area (Å²) in [6.07, 6.45) is 2.00. The van der Waals surface area contributed by atoms with Crippen LogP contribution in [0, 0.1) is 22.7 Å². The van der Waals surface area contributed by atoms with Crippen molar-refractivity contribution in [1.29, 1.82) is 10.5 Å². The minimum Gasteiger partial charge on any atom is -0.300 e. The summed E-state index contributed by atoms with van der Waals surface area (Å²) >= 11 is 0. The zero-order valence-corrected chi connectivity index (χ0v) is 10.7. The molecular formula is C12H22N4. The summed E-state index contributed by atoms with van der Waals surface area (Å²) in [6.45, 7) is 9.12. The SMILES string of the molecule is CC(C)(C#N)NCCCCNC(C)(C)C#N. The summed E-state index contributed by atoms with van der Waals surface area (Å²) < 4.78 is 0. The molecule has 0 aromatic rings. The van der Waals surface area contributed by atoms with Gasteiger partial charge < -0.3 is 0 Å². The van der Waals surface area contributed by atoms with Gasteiger partial charge in [-0.3, -0.25) is 10.6 Å². The van der Waals surface area contributed by atoms with Crippen LogP contribution in [0.25, 0.3) is 0 Å². The summed E-state index contributed by atoms with van der Waals surface area (Å²) in [5.74, 6) is 0. The highest BCUT2D eigenvalue weighted by molar-refractivity contribution is 5.00. The van der Waals surface area contributed by atoms with Crippen molar-refractivity contribution in [2.24, 2.45) is 0 Å². The molecule has 0 unspecified atom stereocenters. The Hall–Kier alpha value is -1.10. The third-order valence-corrected chi connectivity index (χ3v) is 2.30. The Labute approximate surface area is 98.6 Å². The van der Waals surface area contributed by atoms with Gasteiger partial charge >= 0.3 is 0 Å². The van der Waals surface area contributed by atoms with E-state index in [0.717, 1.165) is 25.9 Å². The second kappa shape index (κ2) is 6.48. The molecule has 0 aromatic heterocycles. The van der Waals surface area contributed by atoms with Crippen molar-refractivity contribution in [3.05, 3.63) is 0 Å². The van der Waals surface area contributed by atoms with E-state index >= 15 is 0 Å². The molecule has 2 N–H and O–H groups in total. The Morgan fingerprint density at radius 2 is 1.12 bits per heavy atom. The largest absolute Gasteiger partial charge is 0.300 e. The Bertz CT molecular complexity index is 250. The van der Waals surface area contributed by atoms with E-state index in [1.54, 1.807) is 0 Å². The van der Waals surface area contributed by atoms with E-state index in [1.165, 1.54) is 0 Å². The maximum absolute atomic E-state index is 8.77. The lowest BCUT2D eigenvalue weighted by Crippen LogP contribution is -2.40. The first-order chi connectivity index (χ1) is 7.33. The van der Waals surface area contributed by atoms with Crippen LogP contribution in [0.15, 0.2) is 0 Å². The van der Waals surface area contributed by atoms with Gasteiger partial charge in [-0.1, -0.05) is 0 Å². The Balaban J connectivity index is 3.51. The standard InChI is InChI=1S/C12H22N4/c1-11(2,9-13)15-7-5-6-8-16-12(3,4)10-14/h15-16H,5-8H2,1-4H3. The van der Waals surface area contributed by atoms with Crippen LogP contribution in [-0.4, -0.2) is 24.2 Å². The van der Waals surface area contributed by atoms with Crippen molar-refractivity contribution in [2.45, 2.75) is 51.6 Å². The van der Waals surface area contributed by atoms with Gasteiger partial charge in [0.1, 0.15) is 11.1 Å². The van der Waals surface area contributed by atoms with E-state index in [0.29, 0.717) is 0 Å². The second-order valence-electron chi connectivity index (χ2n) is 5.03. The third-order valence-electron chi connectivity index (χ3n) is 2.30. The highest BCUT2D eigenvalue weighted by atomic mass is 15.0. The molecule has 0 saturated carbocycles. The third kappa shape index (κ3) is 7.23. The molecule has 0 rings (SSSR count). The number of nitrogens with one attached hydrogen (secondary N) is 2. The molecule has 0 aromatic carbocycles. The maximum atomic E-state index is 8.77. The van der Waals surface area contributed by atoms with Gasteiger partial charge in [0.15, 0.2) is 0 Å². The lowest BCUT2D eigenvalue weighted by molar-refractivity contribution is 0.445. The number of rotatable bonds is 7. The molecule has 0 fully saturated rings. The average Bonchev–Trinajstić information content (AvgIpc) is 2.23. The molecular weight excluding hydrogens is 200 g/mol. The maximum Gasteiger partial charge on any atom is 0.101 e. The molecule has 0 aliphatic heterocycles. The van der Waals surface area contributed by atoms with Crippen LogP contribution in [0.1, 0.15) is 40.5 Å². The molecule has 4 heteroatoms. The Morgan fingerprint density at radius 1 is 0.812 bits per heavy atom. The monoisotopic (exact) mass is 222 g/mol. The molecule has 90 valence electrons. The number of unbranched alkanes of at least 4 members (excludes halogenated alkanes) is 1. The van der Waals surface area contributed by atoms with Gasteiger partial charge in [-0.2, -0.15) is 10.5 Å². The van der Waals surface area contributed by atoms with Gasteiger partial charge in [-0.25, -0.2) is 0 Å². The van der Waals surface area contributed by atoms with Gasteiger partial charge in [0.2, 0.25) is 0 Å². The molecule has 4 nitrogen and oxygen atoms in total. The summed E-state index contributed by atoms with van der Waals surface area (Å²) in [5.41, 5.74) is -0.890. The van der Waals surface area contributed by atoms with Crippen molar-refractivity contribution in [2.75, 3.05) is 13.1 Å². The predicted molar refractivity (Wildman–Crippen MR) is 64.6 cm³/mol. The number of nitriles is 2. The van der Waals surface area contributed by atoms with Crippen LogP contribution in [-0.2, 0) is 0 Å². The molecule has 0 bridgehead atoms. The van der Waals surface area contributed by atoms with E-state index in [1.807, 2.05) is 27.7 Å². The zero-order chi connectivity index (χ0) is 12.7. The molecule has 16 heavy (non-hydrogen) atoms. The molecule has 0 heterocycles. The van der Waals surface area contributed by atoms with Gasteiger partial charge in [0, 0.05) is 0 Å². The number of nitrogens with zero attached hydrogens (tertiary/aromatic N) is 2. The first-order valence-corrected chi connectivity index (χ1v) is 5.65. The van der Waals surface area contributed by atoms with E-state index in [-0.39, 0.29) is 0 Å². The fraction of sp³-hybridized carbons (Fsp3) is 0.833. The van der Waals surface area contributed by atoms with Crippen LogP contribution >= 0.6 is 0 Å². The summed E-state index contributed by atoms with van der Waals surface area (Å²) in [6, 6.07) is 4.39. The normalized spacial score (nSPS) is 11.9. The molecule has 0 radical (unpaired) electrons. The van der Waals surface area contributed by atoms with Crippen LogP contribution in [0.5, 0.6) is 0 Å². The smallest absolute Gasteiger partial charge is 0.101 e. The van der Waals surface area contributed by atoms with Crippen LogP contribution in [0.3, 0.4) is 0 Å². The van der Waals surface area contributed by atoms with Crippen LogP contribution in [0.4, 0.5) is 0 Å². The quantitative estimate of drug-likeness (QED) is 0.641. The average molecular weight is 222 g/mol. The van der Waals surface area contributed by atoms with Crippen molar-refractivity contribution < 1.29 is 0 Å². The Kier molecular flexibility index (Phi) is 6.03. The van der Waals surface area contributed by atoms with E-state index < -0.39 is 11.1 Å². The zero-order valence-electron chi connectivity index (χ0n) is 10.7. The lowest BCUT2D eigenvalue weighted by atomic mass is 10.1. The molecule has 0 amide bonds. The number of hydrogen-bond acceptors (Lipinski definition) is 4. The predicted octanol–water partition coefficient (Wildman–Crippen LogP) is 1.55. The first-order valence-electron chi connectivity index (χ1n) is 5.65. The van der Waals surface area contributed by atoms with Gasteiger partial charge in [0.25, 0.3) is 0 Å². The fourth-order valence-electron chi connectivity index (χ4n) is 1.13. The minimum absolute atomic E-state index is 0.445. The highest BCUT2D eigenvalue weighted by Gasteiger charge is 2.15. The van der Waals surface area contributed by atoms with E-state index in [2.05, 4.69) is 22.8 Å². The van der Waals surface area contributed by atoms with Gasteiger partial charge in [-0.05, 0) is 53.6 Å². The molecule has 0 aliphatic carbocycles.